The van der Waals surface area contributed by atoms with Gasteiger partial charge in [0.15, 0.2) is 11.5 Å². The van der Waals surface area contributed by atoms with Gasteiger partial charge in [0.2, 0.25) is 5.91 Å². The topological polar surface area (TPSA) is 112 Å². The number of aromatic nitrogens is 6. The number of pyridine rings is 2. The number of carbonyl (C=O) groups is 1. The minimum absolute atomic E-state index is 0.0251. The molecule has 3 N–H and O–H groups in total. The van der Waals surface area contributed by atoms with Crippen LogP contribution in [0.15, 0.2) is 67.1 Å². The van der Waals surface area contributed by atoms with E-state index in [1.165, 1.54) is 18.2 Å². The van der Waals surface area contributed by atoms with Crippen molar-refractivity contribution in [1.29, 1.82) is 0 Å². The van der Waals surface area contributed by atoms with E-state index < -0.39 is 5.82 Å². The third-order valence-corrected chi connectivity index (χ3v) is 7.21. The molecule has 8 nitrogen and oxygen atoms in total. The van der Waals surface area contributed by atoms with E-state index in [1.54, 1.807) is 42.9 Å². The Balaban J connectivity index is 1.28. The summed E-state index contributed by atoms with van der Waals surface area (Å²) in [4.78, 5) is 28.9. The number of hydrogen-bond donors (Lipinski definition) is 3. The van der Waals surface area contributed by atoms with Crippen molar-refractivity contribution in [2.45, 2.75) is 19.3 Å². The molecule has 4 aromatic heterocycles. The van der Waals surface area contributed by atoms with Crippen LogP contribution in [0.3, 0.4) is 0 Å². The minimum Gasteiger partial charge on any atom is -0.335 e. The molecule has 192 valence electrons. The van der Waals surface area contributed by atoms with Gasteiger partial charge in [0.25, 0.3) is 0 Å². The number of aromatic amines is 2. The number of fused-ring (bicyclic) bond motifs is 2. The summed E-state index contributed by atoms with van der Waals surface area (Å²) in [7, 11) is 0. The molecule has 1 aliphatic rings. The Morgan fingerprint density at radius 3 is 2.62 bits per heavy atom. The molecule has 1 amide bonds. The molecule has 6 aromatic rings. The third kappa shape index (κ3) is 4.10. The van der Waals surface area contributed by atoms with Gasteiger partial charge in [0.05, 0.1) is 22.9 Å². The highest BCUT2D eigenvalue weighted by atomic mass is 19.1. The van der Waals surface area contributed by atoms with Gasteiger partial charge in [-0.15, -0.1) is 0 Å². The molecule has 4 heterocycles. The van der Waals surface area contributed by atoms with Crippen molar-refractivity contribution in [3.05, 3.63) is 78.8 Å². The number of nitrogens with zero attached hydrogens (tertiary/aromatic N) is 4. The summed E-state index contributed by atoms with van der Waals surface area (Å²) in [6, 6.07) is 12.8. The maximum absolute atomic E-state index is 15.2. The van der Waals surface area contributed by atoms with E-state index in [2.05, 4.69) is 35.5 Å². The zero-order valence-corrected chi connectivity index (χ0v) is 20.5. The summed E-state index contributed by atoms with van der Waals surface area (Å²) < 4.78 is 28.7. The number of H-pyrrole nitrogens is 2. The van der Waals surface area contributed by atoms with E-state index in [9.17, 15) is 9.18 Å². The quantitative estimate of drug-likeness (QED) is 0.248. The normalized spacial score (nSPS) is 13.6. The van der Waals surface area contributed by atoms with Gasteiger partial charge in [-0.25, -0.2) is 18.7 Å². The van der Waals surface area contributed by atoms with Gasteiger partial charge in [-0.3, -0.25) is 14.9 Å². The number of nitrogens with one attached hydrogen (secondary N) is 3. The highest BCUT2D eigenvalue weighted by Crippen LogP contribution is 2.34. The number of amides is 1. The van der Waals surface area contributed by atoms with Gasteiger partial charge in [-0.1, -0.05) is 18.6 Å². The van der Waals surface area contributed by atoms with Crippen molar-refractivity contribution < 1.29 is 13.6 Å². The van der Waals surface area contributed by atoms with Gasteiger partial charge in [-0.05, 0) is 48.7 Å². The molecule has 0 bridgehead atoms. The van der Waals surface area contributed by atoms with Crippen LogP contribution >= 0.6 is 0 Å². The smallest absolute Gasteiger partial charge is 0.227 e. The molecule has 10 heteroatoms. The van der Waals surface area contributed by atoms with E-state index in [1.807, 2.05) is 6.07 Å². The van der Waals surface area contributed by atoms with Gasteiger partial charge < -0.3 is 10.3 Å². The van der Waals surface area contributed by atoms with Crippen molar-refractivity contribution in [1.82, 2.24) is 30.1 Å². The van der Waals surface area contributed by atoms with Crippen LogP contribution in [0.5, 0.6) is 0 Å². The van der Waals surface area contributed by atoms with Crippen LogP contribution < -0.4 is 5.32 Å². The molecule has 1 aliphatic carbocycles. The maximum atomic E-state index is 15.2. The number of carbonyl (C=O) groups excluding carboxylic acids is 1. The Hall–Kier alpha value is -4.99. The van der Waals surface area contributed by atoms with Crippen molar-refractivity contribution in [3.63, 3.8) is 0 Å². The highest BCUT2D eigenvalue weighted by Gasteiger charge is 2.25. The van der Waals surface area contributed by atoms with Gasteiger partial charge in [-0.2, -0.15) is 5.10 Å². The molecule has 0 saturated heterocycles. The molecule has 0 spiro atoms. The largest absolute Gasteiger partial charge is 0.335 e. The molecular formula is C29H21F2N7O. The van der Waals surface area contributed by atoms with E-state index in [4.69, 9.17) is 0 Å². The van der Waals surface area contributed by atoms with E-state index in [0.717, 1.165) is 30.4 Å². The first-order chi connectivity index (χ1) is 19.0. The number of halogens is 2. The Morgan fingerprint density at radius 2 is 1.82 bits per heavy atom. The van der Waals surface area contributed by atoms with E-state index in [0.29, 0.717) is 50.4 Å². The first-order valence-corrected chi connectivity index (χ1v) is 12.6. The van der Waals surface area contributed by atoms with Gasteiger partial charge in [0, 0.05) is 46.5 Å². The third-order valence-electron chi connectivity index (χ3n) is 7.21. The summed E-state index contributed by atoms with van der Waals surface area (Å²) in [6.45, 7) is 0. The number of hydrogen-bond acceptors (Lipinski definition) is 5. The van der Waals surface area contributed by atoms with Crippen LogP contribution in [0.2, 0.25) is 0 Å². The maximum Gasteiger partial charge on any atom is 0.227 e. The molecule has 39 heavy (non-hydrogen) atoms. The lowest BCUT2D eigenvalue weighted by atomic mass is 9.85. The molecular weight excluding hydrogens is 500 g/mol. The Morgan fingerprint density at radius 1 is 0.974 bits per heavy atom. The zero-order chi connectivity index (χ0) is 26.5. The van der Waals surface area contributed by atoms with Crippen LogP contribution in [-0.4, -0.2) is 36.0 Å². The predicted molar refractivity (Wildman–Crippen MR) is 144 cm³/mol. The second kappa shape index (κ2) is 9.09. The predicted octanol–water partition coefficient (Wildman–Crippen LogP) is 6.25. The minimum atomic E-state index is -0.452. The summed E-state index contributed by atoms with van der Waals surface area (Å²) in [5.74, 6) is -0.326. The van der Waals surface area contributed by atoms with Crippen LogP contribution in [0.4, 0.5) is 14.5 Å². The monoisotopic (exact) mass is 521 g/mol. The highest BCUT2D eigenvalue weighted by molar-refractivity contribution is 5.98. The summed E-state index contributed by atoms with van der Waals surface area (Å²) in [5, 5.41) is 10.8. The van der Waals surface area contributed by atoms with Crippen LogP contribution in [-0.2, 0) is 4.79 Å². The van der Waals surface area contributed by atoms with Crippen LogP contribution in [0.25, 0.3) is 55.8 Å². The van der Waals surface area contributed by atoms with Crippen molar-refractivity contribution in [2.24, 2.45) is 5.92 Å². The zero-order valence-electron chi connectivity index (χ0n) is 20.5. The van der Waals surface area contributed by atoms with E-state index in [-0.39, 0.29) is 17.6 Å². The van der Waals surface area contributed by atoms with Crippen molar-refractivity contribution in [3.8, 4) is 33.8 Å². The average molecular weight is 522 g/mol. The number of imidazole rings is 1. The molecule has 0 radical (unpaired) electrons. The molecule has 0 atom stereocenters. The fourth-order valence-corrected chi connectivity index (χ4v) is 4.90. The molecule has 0 aliphatic heterocycles. The first kappa shape index (κ1) is 23.2. The average Bonchev–Trinajstić information content (AvgIpc) is 3.51. The Bertz CT molecular complexity index is 1870. The van der Waals surface area contributed by atoms with Crippen molar-refractivity contribution >= 4 is 33.7 Å². The molecule has 2 aromatic carbocycles. The molecule has 7 rings (SSSR count). The van der Waals surface area contributed by atoms with Gasteiger partial charge >= 0.3 is 0 Å². The Labute approximate surface area is 220 Å². The fourth-order valence-electron chi connectivity index (χ4n) is 4.90. The fraction of sp³-hybridized carbons (Fsp3) is 0.138. The van der Waals surface area contributed by atoms with Crippen LogP contribution in [0, 0.1) is 17.6 Å². The second-order valence-electron chi connectivity index (χ2n) is 9.68. The summed E-state index contributed by atoms with van der Waals surface area (Å²) >= 11 is 0. The first-order valence-electron chi connectivity index (χ1n) is 12.6. The van der Waals surface area contributed by atoms with Crippen LogP contribution in [0.1, 0.15) is 19.3 Å². The van der Waals surface area contributed by atoms with Gasteiger partial charge in [0.1, 0.15) is 17.3 Å². The standard InChI is InChI=1S/C29H21F2N7O/c30-18-6-4-15(5-7-18)20-8-9-33-27-25(20)35-28(36-27)26-22-11-21(23(31)12-24(22)37-38-26)17-10-19(14-32-13-17)34-29(39)16-2-1-3-16/h4-14,16H,1-3H2,(H,34,39)(H,37,38)(H,33,35,36). The SMILES string of the molecule is O=C(Nc1cncc(-c2cc3c(-c4nc5nccc(-c6ccc(F)cc6)c5[nH]4)n[nH]c3cc2F)c1)C1CCC1. The lowest BCUT2D eigenvalue weighted by Crippen LogP contribution is -2.28. The Kier molecular flexibility index (Phi) is 5.39. The summed E-state index contributed by atoms with van der Waals surface area (Å²) in [5.41, 5.74) is 5.15. The lowest BCUT2D eigenvalue weighted by Gasteiger charge is -2.24. The number of benzene rings is 2. The number of rotatable bonds is 5. The second-order valence-corrected chi connectivity index (χ2v) is 9.68. The van der Waals surface area contributed by atoms with Crippen molar-refractivity contribution in [2.75, 3.05) is 5.32 Å². The molecule has 1 fully saturated rings. The lowest BCUT2D eigenvalue weighted by molar-refractivity contribution is -0.122. The summed E-state index contributed by atoms with van der Waals surface area (Å²) in [6.07, 6.45) is 7.59. The van der Waals surface area contributed by atoms with E-state index >= 15 is 4.39 Å². The molecule has 1 saturated carbocycles. The number of anilines is 1. The molecule has 0 unspecified atom stereocenters.